The van der Waals surface area contributed by atoms with Gasteiger partial charge in [0.25, 0.3) is 0 Å². The average molecular weight is 364 g/mol. The number of fused-ring (bicyclic) bond motifs is 2. The largest absolute Gasteiger partial charge is 0.369 e. The second-order valence-electron chi connectivity index (χ2n) is 6.24. The van der Waals surface area contributed by atoms with Crippen LogP contribution in [0.5, 0.6) is 0 Å². The lowest BCUT2D eigenvalue weighted by atomic mass is 9.85. The van der Waals surface area contributed by atoms with Gasteiger partial charge in [0.05, 0.1) is 12.4 Å². The van der Waals surface area contributed by atoms with E-state index in [0.29, 0.717) is 10.9 Å². The average Bonchev–Trinajstić information content (AvgIpc) is 3.23. The third-order valence-corrected chi connectivity index (χ3v) is 6.71. The van der Waals surface area contributed by atoms with Crippen LogP contribution >= 0.6 is 23.1 Å². The van der Waals surface area contributed by atoms with Crippen molar-refractivity contribution in [1.82, 2.24) is 20.1 Å². The summed E-state index contributed by atoms with van der Waals surface area (Å²) in [6.45, 7) is 4.15. The van der Waals surface area contributed by atoms with Crippen molar-refractivity contribution in [2.45, 2.75) is 36.9 Å². The minimum atomic E-state index is -0.160. The van der Waals surface area contributed by atoms with Crippen molar-refractivity contribution in [2.75, 3.05) is 25.4 Å². The van der Waals surface area contributed by atoms with Gasteiger partial charge in [0, 0.05) is 18.0 Å². The molecule has 2 aliphatic rings. The second-order valence-corrected chi connectivity index (χ2v) is 8.10. The Kier molecular flexibility index (Phi) is 4.36. The number of hydrogen-bond donors (Lipinski definition) is 1. The fourth-order valence-corrected chi connectivity index (χ4v) is 5.36. The summed E-state index contributed by atoms with van der Waals surface area (Å²) in [6.07, 6.45) is 2.78. The molecule has 8 heteroatoms. The molecule has 0 atom stereocenters. The van der Waals surface area contributed by atoms with Gasteiger partial charge in [0.1, 0.15) is 11.4 Å². The Hall–Kier alpha value is -1.38. The summed E-state index contributed by atoms with van der Waals surface area (Å²) in [5.74, 6) is 1.31. The van der Waals surface area contributed by atoms with Crippen LogP contribution in [0.3, 0.4) is 0 Å². The third-order valence-electron chi connectivity index (χ3n) is 4.74. The Balaban J connectivity index is 1.36. The molecular formula is C16H20N4O2S2. The number of piperidine rings is 1. The molecule has 1 N–H and O–H groups in total. The van der Waals surface area contributed by atoms with Crippen LogP contribution < -0.4 is 0 Å². The molecule has 4 rings (SSSR count). The van der Waals surface area contributed by atoms with Crippen molar-refractivity contribution in [3.63, 3.8) is 0 Å². The van der Waals surface area contributed by atoms with E-state index in [2.05, 4.69) is 26.6 Å². The second kappa shape index (κ2) is 6.50. The molecule has 0 aromatic carbocycles. The molecule has 1 fully saturated rings. The van der Waals surface area contributed by atoms with E-state index in [4.69, 9.17) is 4.74 Å². The number of thiophene rings is 1. The molecule has 0 bridgehead atoms. The number of H-pyrrole nitrogens is 1. The van der Waals surface area contributed by atoms with Gasteiger partial charge in [-0.15, -0.1) is 16.4 Å². The van der Waals surface area contributed by atoms with Gasteiger partial charge in [0.15, 0.2) is 0 Å². The fourth-order valence-electron chi connectivity index (χ4n) is 3.45. The number of ether oxygens (including phenoxy) is 1. The highest BCUT2D eigenvalue weighted by atomic mass is 32.2. The first kappa shape index (κ1) is 16.1. The molecule has 2 aromatic heterocycles. The van der Waals surface area contributed by atoms with Crippen molar-refractivity contribution in [3.05, 3.63) is 27.7 Å². The van der Waals surface area contributed by atoms with Crippen LogP contribution in [0, 0.1) is 6.92 Å². The van der Waals surface area contributed by atoms with Gasteiger partial charge in [-0.1, -0.05) is 11.8 Å². The monoisotopic (exact) mass is 364 g/mol. The first-order valence-electron chi connectivity index (χ1n) is 8.17. The van der Waals surface area contributed by atoms with Crippen LogP contribution in [0.4, 0.5) is 0 Å². The SMILES string of the molecule is Cc1nc(SCC(=O)N2CCC3(CC2)OCCc2ccsc23)n[nH]1. The number of nitrogens with one attached hydrogen (secondary N) is 1. The highest BCUT2D eigenvalue weighted by Crippen LogP contribution is 2.44. The van der Waals surface area contributed by atoms with Gasteiger partial charge in [0.2, 0.25) is 11.1 Å². The number of nitrogens with zero attached hydrogens (tertiary/aromatic N) is 3. The summed E-state index contributed by atoms with van der Waals surface area (Å²) in [6, 6.07) is 2.22. The minimum Gasteiger partial charge on any atom is -0.369 e. The normalized spacial score (nSPS) is 19.5. The predicted octanol–water partition coefficient (Wildman–Crippen LogP) is 2.36. The quantitative estimate of drug-likeness (QED) is 0.847. The van der Waals surface area contributed by atoms with E-state index in [1.54, 1.807) is 11.3 Å². The number of carbonyl (C=O) groups excluding carboxylic acids is 1. The van der Waals surface area contributed by atoms with Crippen LogP contribution in [0.2, 0.25) is 0 Å². The van der Waals surface area contributed by atoms with E-state index in [9.17, 15) is 4.79 Å². The molecule has 24 heavy (non-hydrogen) atoms. The molecule has 1 spiro atoms. The van der Waals surface area contributed by atoms with Gasteiger partial charge < -0.3 is 9.64 Å². The number of aryl methyl sites for hydroxylation is 1. The molecule has 0 aliphatic carbocycles. The van der Waals surface area contributed by atoms with E-state index in [-0.39, 0.29) is 11.5 Å². The molecule has 2 aliphatic heterocycles. The number of thioether (sulfide) groups is 1. The molecule has 0 radical (unpaired) electrons. The molecule has 6 nitrogen and oxygen atoms in total. The molecule has 128 valence electrons. The van der Waals surface area contributed by atoms with Crippen LogP contribution in [0.1, 0.15) is 29.1 Å². The summed E-state index contributed by atoms with van der Waals surface area (Å²) < 4.78 is 6.19. The Labute approximate surface area is 149 Å². The lowest BCUT2D eigenvalue weighted by Crippen LogP contribution is -2.48. The van der Waals surface area contributed by atoms with Crippen LogP contribution in [-0.4, -0.2) is 51.4 Å². The highest BCUT2D eigenvalue weighted by molar-refractivity contribution is 7.99. The third kappa shape index (κ3) is 2.98. The smallest absolute Gasteiger partial charge is 0.233 e. The van der Waals surface area contributed by atoms with Crippen molar-refractivity contribution < 1.29 is 9.53 Å². The first-order chi connectivity index (χ1) is 11.7. The lowest BCUT2D eigenvalue weighted by Gasteiger charge is -2.43. The summed E-state index contributed by atoms with van der Waals surface area (Å²) in [7, 11) is 0. The first-order valence-corrected chi connectivity index (χ1v) is 10.0. The Morgan fingerprint density at radius 3 is 3.08 bits per heavy atom. The molecule has 1 amide bonds. The van der Waals surface area contributed by atoms with Crippen molar-refractivity contribution >= 4 is 29.0 Å². The van der Waals surface area contributed by atoms with E-state index < -0.39 is 0 Å². The van der Waals surface area contributed by atoms with Gasteiger partial charge >= 0.3 is 0 Å². The minimum absolute atomic E-state index is 0.152. The molecule has 4 heterocycles. The van der Waals surface area contributed by atoms with E-state index in [1.807, 2.05) is 11.8 Å². The molecular weight excluding hydrogens is 344 g/mol. The van der Waals surface area contributed by atoms with E-state index >= 15 is 0 Å². The fraction of sp³-hybridized carbons (Fsp3) is 0.562. The molecule has 0 unspecified atom stereocenters. The highest BCUT2D eigenvalue weighted by Gasteiger charge is 2.42. The van der Waals surface area contributed by atoms with E-state index in [1.165, 1.54) is 22.2 Å². The number of rotatable bonds is 3. The topological polar surface area (TPSA) is 71.1 Å². The Morgan fingerprint density at radius 1 is 1.50 bits per heavy atom. The Bertz CT molecular complexity index is 734. The lowest BCUT2D eigenvalue weighted by molar-refractivity contribution is -0.137. The number of amides is 1. The maximum Gasteiger partial charge on any atom is 0.233 e. The number of aromatic amines is 1. The number of aromatic nitrogens is 3. The zero-order valence-electron chi connectivity index (χ0n) is 13.6. The van der Waals surface area contributed by atoms with Crippen LogP contribution in [-0.2, 0) is 21.6 Å². The standard InChI is InChI=1S/C16H20N4O2S2/c1-11-17-15(19-18-11)24-10-13(21)20-6-4-16(5-7-20)14-12(2-8-22-16)3-9-23-14/h3,9H,2,4-8,10H2,1H3,(H,17,18,19). The van der Waals surface area contributed by atoms with Gasteiger partial charge in [-0.25, -0.2) is 4.98 Å². The van der Waals surface area contributed by atoms with Crippen molar-refractivity contribution in [3.8, 4) is 0 Å². The van der Waals surface area contributed by atoms with Crippen LogP contribution in [0.25, 0.3) is 0 Å². The van der Waals surface area contributed by atoms with Gasteiger partial charge in [-0.2, -0.15) is 0 Å². The zero-order valence-corrected chi connectivity index (χ0v) is 15.2. The summed E-state index contributed by atoms with van der Waals surface area (Å²) in [5, 5.41) is 9.65. The van der Waals surface area contributed by atoms with Crippen molar-refractivity contribution in [2.24, 2.45) is 0 Å². The number of carbonyl (C=O) groups is 1. The summed E-state index contributed by atoms with van der Waals surface area (Å²) in [4.78, 5) is 20.0. The van der Waals surface area contributed by atoms with Crippen molar-refractivity contribution in [1.29, 1.82) is 0 Å². The molecule has 1 saturated heterocycles. The maximum absolute atomic E-state index is 12.4. The zero-order chi connectivity index (χ0) is 16.6. The molecule has 0 saturated carbocycles. The molecule has 2 aromatic rings. The Morgan fingerprint density at radius 2 is 2.33 bits per heavy atom. The number of likely N-dealkylation sites (tertiary alicyclic amines) is 1. The maximum atomic E-state index is 12.4. The van der Waals surface area contributed by atoms with E-state index in [0.717, 1.165) is 44.8 Å². The number of hydrogen-bond acceptors (Lipinski definition) is 6. The predicted molar refractivity (Wildman–Crippen MR) is 93.3 cm³/mol. The van der Waals surface area contributed by atoms with Gasteiger partial charge in [-0.05, 0) is 43.2 Å². The summed E-state index contributed by atoms with van der Waals surface area (Å²) in [5.41, 5.74) is 1.27. The van der Waals surface area contributed by atoms with Gasteiger partial charge in [-0.3, -0.25) is 9.89 Å². The van der Waals surface area contributed by atoms with Crippen LogP contribution in [0.15, 0.2) is 16.6 Å². The summed E-state index contributed by atoms with van der Waals surface area (Å²) >= 11 is 3.18.